The molecule has 0 fully saturated rings. The molecule has 0 radical (unpaired) electrons. The van der Waals surface area contributed by atoms with Crippen molar-refractivity contribution in [2.45, 2.75) is 411 Å². The molecule has 6 nitrogen and oxygen atoms in total. The number of ether oxygens (including phenoxy) is 1. The first-order valence-electron chi connectivity index (χ1n) is 36.2. The Labute approximate surface area is 500 Å². The minimum Gasteiger partial charge on any atom is -0.466 e. The summed E-state index contributed by atoms with van der Waals surface area (Å²) in [7, 11) is 0. The van der Waals surface area contributed by atoms with Gasteiger partial charge in [0.1, 0.15) is 0 Å². The zero-order valence-electron chi connectivity index (χ0n) is 54.1. The van der Waals surface area contributed by atoms with Crippen molar-refractivity contribution >= 4 is 11.9 Å². The molecule has 0 aliphatic rings. The van der Waals surface area contributed by atoms with E-state index in [2.05, 4.69) is 55.6 Å². The van der Waals surface area contributed by atoms with Gasteiger partial charge in [-0.25, -0.2) is 0 Å². The summed E-state index contributed by atoms with van der Waals surface area (Å²) >= 11 is 0. The van der Waals surface area contributed by atoms with Crippen molar-refractivity contribution in [2.24, 2.45) is 0 Å². The molecule has 0 saturated heterocycles. The lowest BCUT2D eigenvalue weighted by atomic mass is 10.0. The van der Waals surface area contributed by atoms with Gasteiger partial charge in [0.25, 0.3) is 0 Å². The topological polar surface area (TPSA) is 95.9 Å². The van der Waals surface area contributed by atoms with Crippen LogP contribution in [0.1, 0.15) is 399 Å². The Kier molecular flexibility index (Phi) is 67.9. The first kappa shape index (κ1) is 78.1. The zero-order chi connectivity index (χ0) is 57.8. The fourth-order valence-corrected chi connectivity index (χ4v) is 11.4. The van der Waals surface area contributed by atoms with Crippen LogP contribution < -0.4 is 5.32 Å². The Balaban J connectivity index is 3.44. The van der Waals surface area contributed by atoms with Crippen LogP contribution in [0, 0.1) is 0 Å². The van der Waals surface area contributed by atoms with E-state index in [0.717, 1.165) is 57.8 Å². The highest BCUT2D eigenvalue weighted by Gasteiger charge is 2.20. The van der Waals surface area contributed by atoms with E-state index in [1.807, 2.05) is 0 Å². The molecule has 2 unspecified atom stereocenters. The SMILES string of the molecule is CCCCCCCC/C=C\CCCCCCCC(=O)OCCCCCCCCCCC/C=C\C/C=C\CCCCCCCCCC(=O)NC(CO)C(O)CCCCCCCCCCCCCCCCCCCCCCCCCCC. The maximum atomic E-state index is 12.6. The van der Waals surface area contributed by atoms with Gasteiger partial charge in [0, 0.05) is 12.8 Å². The molecule has 0 spiro atoms. The van der Waals surface area contributed by atoms with Gasteiger partial charge in [0.2, 0.25) is 5.91 Å². The van der Waals surface area contributed by atoms with Crippen LogP contribution in [0.2, 0.25) is 0 Å². The molecule has 0 aromatic heterocycles. The third-order valence-corrected chi connectivity index (χ3v) is 16.9. The maximum absolute atomic E-state index is 12.6. The van der Waals surface area contributed by atoms with Crippen molar-refractivity contribution in [3.05, 3.63) is 36.5 Å². The second kappa shape index (κ2) is 69.6. The van der Waals surface area contributed by atoms with Crippen molar-refractivity contribution in [3.8, 4) is 0 Å². The lowest BCUT2D eigenvalue weighted by Crippen LogP contribution is -2.45. The predicted molar refractivity (Wildman–Crippen MR) is 352 cm³/mol. The summed E-state index contributed by atoms with van der Waals surface area (Å²) in [4.78, 5) is 24.6. The van der Waals surface area contributed by atoms with Crippen LogP contribution >= 0.6 is 0 Å². The monoisotopic (exact) mass is 1120 g/mol. The number of esters is 1. The summed E-state index contributed by atoms with van der Waals surface area (Å²) in [5, 5.41) is 23.4. The molecule has 0 bridgehead atoms. The second-order valence-electron chi connectivity index (χ2n) is 24.9. The van der Waals surface area contributed by atoms with Crippen molar-refractivity contribution < 1.29 is 24.5 Å². The highest BCUT2D eigenvalue weighted by Crippen LogP contribution is 2.19. The van der Waals surface area contributed by atoms with Gasteiger partial charge in [-0.1, -0.05) is 339 Å². The number of carbonyl (C=O) groups is 2. The zero-order valence-corrected chi connectivity index (χ0v) is 54.1. The first-order chi connectivity index (χ1) is 39.5. The van der Waals surface area contributed by atoms with Crippen LogP contribution in [0.15, 0.2) is 36.5 Å². The van der Waals surface area contributed by atoms with Gasteiger partial charge < -0.3 is 20.3 Å². The normalized spacial score (nSPS) is 12.7. The van der Waals surface area contributed by atoms with Crippen LogP contribution in [-0.2, 0) is 14.3 Å². The number of amides is 1. The fourth-order valence-electron chi connectivity index (χ4n) is 11.4. The molecule has 0 heterocycles. The Morgan fingerprint density at radius 2 is 0.625 bits per heavy atom. The third-order valence-electron chi connectivity index (χ3n) is 16.9. The van der Waals surface area contributed by atoms with E-state index >= 15 is 0 Å². The molecule has 3 N–H and O–H groups in total. The minimum absolute atomic E-state index is 0.000130. The molecule has 1 amide bonds. The van der Waals surface area contributed by atoms with Gasteiger partial charge in [0.05, 0.1) is 25.4 Å². The average Bonchev–Trinajstić information content (AvgIpc) is 3.46. The number of unbranched alkanes of at least 4 members (excludes halogenated alkanes) is 51. The van der Waals surface area contributed by atoms with E-state index in [1.54, 1.807) is 0 Å². The van der Waals surface area contributed by atoms with Gasteiger partial charge in [-0.15, -0.1) is 0 Å². The smallest absolute Gasteiger partial charge is 0.305 e. The Bertz CT molecular complexity index is 1300. The Morgan fingerprint density at radius 1 is 0.350 bits per heavy atom. The third kappa shape index (κ3) is 65.2. The number of rotatable bonds is 68. The van der Waals surface area contributed by atoms with Gasteiger partial charge in [0.15, 0.2) is 0 Å². The van der Waals surface area contributed by atoms with E-state index < -0.39 is 12.1 Å². The number of hydrogen-bond donors (Lipinski definition) is 3. The lowest BCUT2D eigenvalue weighted by Gasteiger charge is -2.22. The molecular weight excluding hydrogens is 983 g/mol. The number of carbonyl (C=O) groups excluding carboxylic acids is 2. The Morgan fingerprint density at radius 3 is 0.963 bits per heavy atom. The average molecular weight is 1120 g/mol. The second-order valence-corrected chi connectivity index (χ2v) is 24.9. The fraction of sp³-hybridized carbons (Fsp3) is 0.892. The predicted octanol–water partition coefficient (Wildman–Crippen LogP) is 23.5. The minimum atomic E-state index is -0.673. The number of nitrogens with one attached hydrogen (secondary N) is 1. The van der Waals surface area contributed by atoms with Gasteiger partial charge in [-0.2, -0.15) is 0 Å². The molecule has 0 aromatic carbocycles. The first-order valence-corrected chi connectivity index (χ1v) is 36.2. The standard InChI is InChI=1S/C74H141NO5/c1-3-5-7-9-11-13-15-17-19-20-21-22-23-24-26-29-32-35-39-42-46-50-54-58-62-66-72(77)71(70-76)75-73(78)67-63-59-55-51-47-43-40-36-33-30-27-25-28-31-34-37-41-45-49-53-57-61-65-69-80-74(79)68-64-60-56-52-48-44-38-18-16-14-12-10-8-6-4-2/h18,25,28,30,33,38,71-72,76-77H,3-17,19-24,26-27,29,31-32,34-37,39-70H2,1-2H3,(H,75,78)/b28-25-,33-30-,38-18-. The molecule has 80 heavy (non-hydrogen) atoms. The molecule has 472 valence electrons. The van der Waals surface area contributed by atoms with E-state index in [9.17, 15) is 19.8 Å². The van der Waals surface area contributed by atoms with Crippen molar-refractivity contribution in [1.29, 1.82) is 0 Å². The summed E-state index contributed by atoms with van der Waals surface area (Å²) in [6, 6.07) is -0.551. The van der Waals surface area contributed by atoms with Crippen LogP contribution in [0.5, 0.6) is 0 Å². The summed E-state index contributed by atoms with van der Waals surface area (Å²) in [5.74, 6) is -0.0413. The largest absolute Gasteiger partial charge is 0.466 e. The van der Waals surface area contributed by atoms with Crippen LogP contribution in [0.4, 0.5) is 0 Å². The number of hydrogen-bond acceptors (Lipinski definition) is 5. The number of allylic oxidation sites excluding steroid dienone is 6. The highest BCUT2D eigenvalue weighted by atomic mass is 16.5. The van der Waals surface area contributed by atoms with Crippen LogP contribution in [-0.4, -0.2) is 47.4 Å². The van der Waals surface area contributed by atoms with Gasteiger partial charge in [-0.3, -0.25) is 9.59 Å². The maximum Gasteiger partial charge on any atom is 0.305 e. The number of aliphatic hydroxyl groups is 2. The molecule has 0 aliphatic carbocycles. The highest BCUT2D eigenvalue weighted by molar-refractivity contribution is 5.76. The summed E-state index contributed by atoms with van der Waals surface area (Å²) in [6.45, 7) is 4.97. The molecule has 0 rings (SSSR count). The van der Waals surface area contributed by atoms with Crippen LogP contribution in [0.25, 0.3) is 0 Å². The summed E-state index contributed by atoms with van der Waals surface area (Å²) in [5.41, 5.74) is 0. The van der Waals surface area contributed by atoms with Gasteiger partial charge >= 0.3 is 5.97 Å². The van der Waals surface area contributed by atoms with Gasteiger partial charge in [-0.05, 0) is 83.5 Å². The molecule has 6 heteroatoms. The van der Waals surface area contributed by atoms with Crippen molar-refractivity contribution in [3.63, 3.8) is 0 Å². The molecule has 0 aromatic rings. The van der Waals surface area contributed by atoms with E-state index in [-0.39, 0.29) is 18.5 Å². The van der Waals surface area contributed by atoms with Crippen molar-refractivity contribution in [2.75, 3.05) is 13.2 Å². The molecule has 2 atom stereocenters. The van der Waals surface area contributed by atoms with E-state index in [0.29, 0.717) is 25.9 Å². The van der Waals surface area contributed by atoms with E-state index in [4.69, 9.17) is 4.74 Å². The number of aliphatic hydroxyl groups excluding tert-OH is 2. The lowest BCUT2D eigenvalue weighted by molar-refractivity contribution is -0.143. The molecule has 0 aliphatic heterocycles. The van der Waals surface area contributed by atoms with Crippen molar-refractivity contribution in [1.82, 2.24) is 5.32 Å². The molecule has 0 saturated carbocycles. The summed E-state index contributed by atoms with van der Waals surface area (Å²) < 4.78 is 5.48. The molecular formula is C74H141NO5. The van der Waals surface area contributed by atoms with E-state index in [1.165, 1.54) is 308 Å². The Hall–Kier alpha value is -1.92. The quantitative estimate of drug-likeness (QED) is 0.0320. The summed E-state index contributed by atoms with van der Waals surface area (Å²) in [6.07, 6.45) is 89.1. The van der Waals surface area contributed by atoms with Crippen LogP contribution in [0.3, 0.4) is 0 Å².